The lowest BCUT2D eigenvalue weighted by Crippen LogP contribution is -2.13. The van der Waals surface area contributed by atoms with Crippen molar-refractivity contribution in [3.05, 3.63) is 72.2 Å². The predicted octanol–water partition coefficient (Wildman–Crippen LogP) is 3.39. The average molecular weight is 389 g/mol. The summed E-state index contributed by atoms with van der Waals surface area (Å²) < 4.78 is 47.4. The zero-order chi connectivity index (χ0) is 19.3. The number of hydrogen-bond donors (Lipinski definition) is 0. The van der Waals surface area contributed by atoms with E-state index in [-0.39, 0.29) is 29.5 Å². The van der Waals surface area contributed by atoms with Crippen molar-refractivity contribution in [2.75, 3.05) is 5.75 Å². The number of sulfone groups is 1. The second-order valence-corrected chi connectivity index (χ2v) is 7.84. The van der Waals surface area contributed by atoms with Crippen molar-refractivity contribution in [2.45, 2.75) is 17.9 Å². The van der Waals surface area contributed by atoms with Crippen LogP contribution in [-0.4, -0.2) is 25.3 Å². The first-order valence-corrected chi connectivity index (χ1v) is 9.74. The van der Waals surface area contributed by atoms with Crippen molar-refractivity contribution in [1.82, 2.24) is 5.16 Å². The monoisotopic (exact) mass is 389 g/mol. The van der Waals surface area contributed by atoms with Gasteiger partial charge >= 0.3 is 5.97 Å². The standard InChI is InChI=1S/C19H16FNO5S/c20-15-8-6-14(7-9-15)18-12-16(21-26-18)13-25-19(22)10-11-27(23,24)17-4-2-1-3-5-17/h1-9,12H,10-11,13H2. The second-order valence-electron chi connectivity index (χ2n) is 5.73. The molecule has 0 spiro atoms. The van der Waals surface area contributed by atoms with Gasteiger partial charge in [0, 0.05) is 11.6 Å². The maximum absolute atomic E-state index is 12.9. The molecule has 0 amide bonds. The van der Waals surface area contributed by atoms with Crippen LogP contribution in [0.3, 0.4) is 0 Å². The van der Waals surface area contributed by atoms with E-state index in [2.05, 4.69) is 5.16 Å². The molecule has 3 aromatic rings. The Balaban J connectivity index is 1.52. The minimum absolute atomic E-state index is 0.144. The molecule has 0 radical (unpaired) electrons. The molecule has 0 aliphatic carbocycles. The van der Waals surface area contributed by atoms with Crippen molar-refractivity contribution in [3.8, 4) is 11.3 Å². The molecular weight excluding hydrogens is 373 g/mol. The van der Waals surface area contributed by atoms with Crippen molar-refractivity contribution < 1.29 is 26.9 Å². The minimum Gasteiger partial charge on any atom is -0.459 e. The normalized spacial score (nSPS) is 11.3. The molecule has 0 atom stereocenters. The van der Waals surface area contributed by atoms with E-state index in [0.29, 0.717) is 17.0 Å². The maximum atomic E-state index is 12.9. The van der Waals surface area contributed by atoms with Gasteiger partial charge in [-0.2, -0.15) is 0 Å². The molecule has 27 heavy (non-hydrogen) atoms. The van der Waals surface area contributed by atoms with Gasteiger partial charge in [0.1, 0.15) is 18.1 Å². The topological polar surface area (TPSA) is 86.5 Å². The van der Waals surface area contributed by atoms with Gasteiger partial charge < -0.3 is 9.26 Å². The molecule has 0 unspecified atom stereocenters. The van der Waals surface area contributed by atoms with Crippen LogP contribution in [0.15, 0.2) is 70.1 Å². The third-order valence-corrected chi connectivity index (χ3v) is 5.48. The number of esters is 1. The molecule has 140 valence electrons. The molecule has 0 saturated heterocycles. The quantitative estimate of drug-likeness (QED) is 0.576. The van der Waals surface area contributed by atoms with Crippen LogP contribution in [0, 0.1) is 5.82 Å². The summed E-state index contributed by atoms with van der Waals surface area (Å²) in [6.07, 6.45) is -0.264. The molecular formula is C19H16FNO5S. The maximum Gasteiger partial charge on any atom is 0.307 e. The minimum atomic E-state index is -3.54. The number of carbonyl (C=O) groups is 1. The van der Waals surface area contributed by atoms with Gasteiger partial charge in [-0.05, 0) is 36.4 Å². The van der Waals surface area contributed by atoms with Crippen LogP contribution in [0.25, 0.3) is 11.3 Å². The number of ether oxygens (including phenoxy) is 1. The summed E-state index contributed by atoms with van der Waals surface area (Å²) in [5.74, 6) is -0.943. The van der Waals surface area contributed by atoms with Gasteiger partial charge in [0.25, 0.3) is 0 Å². The molecule has 0 fully saturated rings. The lowest BCUT2D eigenvalue weighted by Gasteiger charge is -2.04. The van der Waals surface area contributed by atoms with E-state index in [4.69, 9.17) is 9.26 Å². The van der Waals surface area contributed by atoms with Crippen LogP contribution >= 0.6 is 0 Å². The number of nitrogens with zero attached hydrogens (tertiary/aromatic N) is 1. The SMILES string of the molecule is O=C(CCS(=O)(=O)c1ccccc1)OCc1cc(-c2ccc(F)cc2)on1. The van der Waals surface area contributed by atoms with Gasteiger partial charge in [-0.25, -0.2) is 12.8 Å². The van der Waals surface area contributed by atoms with E-state index in [0.717, 1.165) is 0 Å². The molecule has 6 nitrogen and oxygen atoms in total. The molecule has 0 saturated carbocycles. The Morgan fingerprint density at radius 2 is 1.78 bits per heavy atom. The van der Waals surface area contributed by atoms with E-state index < -0.39 is 15.8 Å². The molecule has 0 aliphatic heterocycles. The fourth-order valence-electron chi connectivity index (χ4n) is 2.32. The summed E-state index contributed by atoms with van der Waals surface area (Å²) in [5, 5.41) is 3.78. The predicted molar refractivity (Wildman–Crippen MR) is 94.8 cm³/mol. The molecule has 3 rings (SSSR count). The van der Waals surface area contributed by atoms with Crippen molar-refractivity contribution in [1.29, 1.82) is 0 Å². The largest absolute Gasteiger partial charge is 0.459 e. The summed E-state index contributed by atoms with van der Waals surface area (Å²) >= 11 is 0. The zero-order valence-electron chi connectivity index (χ0n) is 14.2. The van der Waals surface area contributed by atoms with Gasteiger partial charge in [-0.1, -0.05) is 23.4 Å². The summed E-state index contributed by atoms with van der Waals surface area (Å²) in [7, 11) is -3.54. The molecule has 2 aromatic carbocycles. The lowest BCUT2D eigenvalue weighted by atomic mass is 10.1. The van der Waals surface area contributed by atoms with Crippen LogP contribution in [0.1, 0.15) is 12.1 Å². The van der Waals surface area contributed by atoms with E-state index in [1.165, 1.54) is 24.3 Å². The highest BCUT2D eigenvalue weighted by atomic mass is 32.2. The fourth-order valence-corrected chi connectivity index (χ4v) is 3.56. The first-order chi connectivity index (χ1) is 12.9. The molecule has 1 heterocycles. The van der Waals surface area contributed by atoms with Crippen LogP contribution in [0.5, 0.6) is 0 Å². The number of aromatic nitrogens is 1. The number of halogens is 1. The highest BCUT2D eigenvalue weighted by Gasteiger charge is 2.17. The Morgan fingerprint density at radius 1 is 1.07 bits per heavy atom. The van der Waals surface area contributed by atoms with E-state index >= 15 is 0 Å². The van der Waals surface area contributed by atoms with Crippen LogP contribution < -0.4 is 0 Å². The van der Waals surface area contributed by atoms with Crippen LogP contribution in [-0.2, 0) is 26.0 Å². The van der Waals surface area contributed by atoms with E-state index in [9.17, 15) is 17.6 Å². The summed E-state index contributed by atoms with van der Waals surface area (Å²) in [4.78, 5) is 12.0. The van der Waals surface area contributed by atoms with Gasteiger partial charge in [-0.15, -0.1) is 0 Å². The average Bonchev–Trinajstić information content (AvgIpc) is 3.15. The summed E-state index contributed by atoms with van der Waals surface area (Å²) in [6.45, 7) is -0.144. The van der Waals surface area contributed by atoms with Crippen LogP contribution in [0.2, 0.25) is 0 Å². The van der Waals surface area contributed by atoms with Crippen molar-refractivity contribution in [3.63, 3.8) is 0 Å². The van der Waals surface area contributed by atoms with Crippen molar-refractivity contribution in [2.24, 2.45) is 0 Å². The molecule has 8 heteroatoms. The van der Waals surface area contributed by atoms with Gasteiger partial charge in [0.05, 0.1) is 17.1 Å². The van der Waals surface area contributed by atoms with Gasteiger partial charge in [-0.3, -0.25) is 4.79 Å². The summed E-state index contributed by atoms with van der Waals surface area (Å²) in [6, 6.07) is 15.2. The molecule has 0 N–H and O–H groups in total. The number of hydrogen-bond acceptors (Lipinski definition) is 6. The Hall–Kier alpha value is -3.00. The van der Waals surface area contributed by atoms with E-state index in [1.54, 1.807) is 36.4 Å². The smallest absolute Gasteiger partial charge is 0.307 e. The Kier molecular flexibility index (Phi) is 5.66. The Labute approximate surface area is 155 Å². The van der Waals surface area contributed by atoms with Crippen molar-refractivity contribution >= 4 is 15.8 Å². The number of carbonyl (C=O) groups excluding carboxylic acids is 1. The van der Waals surface area contributed by atoms with Crippen LogP contribution in [0.4, 0.5) is 4.39 Å². The van der Waals surface area contributed by atoms with E-state index in [1.807, 2.05) is 0 Å². The highest BCUT2D eigenvalue weighted by Crippen LogP contribution is 2.21. The Morgan fingerprint density at radius 3 is 2.48 bits per heavy atom. The first-order valence-electron chi connectivity index (χ1n) is 8.09. The zero-order valence-corrected chi connectivity index (χ0v) is 15.0. The highest BCUT2D eigenvalue weighted by molar-refractivity contribution is 7.91. The molecule has 0 aliphatic rings. The Bertz CT molecular complexity index is 1010. The number of benzene rings is 2. The number of rotatable bonds is 7. The fraction of sp³-hybridized carbons (Fsp3) is 0.158. The van der Waals surface area contributed by atoms with Gasteiger partial charge in [0.15, 0.2) is 15.6 Å². The second kappa shape index (κ2) is 8.13. The van der Waals surface area contributed by atoms with Gasteiger partial charge in [0.2, 0.25) is 0 Å². The third-order valence-electron chi connectivity index (χ3n) is 3.75. The lowest BCUT2D eigenvalue weighted by molar-refractivity contribution is -0.144. The third kappa shape index (κ3) is 5.01. The molecule has 0 bridgehead atoms. The molecule has 1 aromatic heterocycles. The summed E-state index contributed by atoms with van der Waals surface area (Å²) in [5.41, 5.74) is 1.00. The first kappa shape index (κ1) is 18.8.